The van der Waals surface area contributed by atoms with Gasteiger partial charge in [-0.3, -0.25) is 0 Å². The summed E-state index contributed by atoms with van der Waals surface area (Å²) in [5, 5.41) is 10.1. The van der Waals surface area contributed by atoms with Crippen LogP contribution in [0.1, 0.15) is 51.5 Å². The van der Waals surface area contributed by atoms with E-state index < -0.39 is 17.3 Å². The van der Waals surface area contributed by atoms with Crippen LogP contribution in [0.4, 0.5) is 0 Å². The molecule has 0 amide bonds. The van der Waals surface area contributed by atoms with Crippen molar-refractivity contribution in [2.45, 2.75) is 79.5 Å². The second-order valence-electron chi connectivity index (χ2n) is 8.15. The maximum absolute atomic E-state index is 13.1. The van der Waals surface area contributed by atoms with Crippen LogP contribution in [0.15, 0.2) is 30.3 Å². The summed E-state index contributed by atoms with van der Waals surface area (Å²) in [6.07, 6.45) is 5.20. The first kappa shape index (κ1) is 20.7. The highest BCUT2D eigenvalue weighted by Gasteiger charge is 2.43. The zero-order valence-corrected chi connectivity index (χ0v) is 18.5. The summed E-state index contributed by atoms with van der Waals surface area (Å²) >= 11 is 2.25. The number of hydrogen-bond acceptors (Lipinski definition) is 3. The summed E-state index contributed by atoms with van der Waals surface area (Å²) in [7, 11) is -1.15. The summed E-state index contributed by atoms with van der Waals surface area (Å²) in [4.78, 5) is 0. The SMILES string of the molecule is CC(C)(CCc1ccccc1)S(=O)NC(C1CC1)[C@@H]1CCC(I)C(O)O1. The maximum Gasteiger partial charge on any atom is 0.166 e. The van der Waals surface area contributed by atoms with Gasteiger partial charge >= 0.3 is 0 Å². The second kappa shape index (κ2) is 8.99. The Morgan fingerprint density at radius 2 is 1.96 bits per heavy atom. The minimum atomic E-state index is -1.15. The lowest BCUT2D eigenvalue weighted by Gasteiger charge is -2.37. The summed E-state index contributed by atoms with van der Waals surface area (Å²) in [6, 6.07) is 10.4. The minimum Gasteiger partial charge on any atom is -0.367 e. The molecule has 1 aliphatic heterocycles. The smallest absolute Gasteiger partial charge is 0.166 e. The minimum absolute atomic E-state index is 0.0441. The summed E-state index contributed by atoms with van der Waals surface area (Å²) in [5.41, 5.74) is 1.28. The third-order valence-electron chi connectivity index (χ3n) is 5.48. The second-order valence-corrected chi connectivity index (χ2v) is 11.6. The molecule has 0 aromatic heterocycles. The van der Waals surface area contributed by atoms with Gasteiger partial charge in [-0.15, -0.1) is 0 Å². The number of halogens is 1. The fourth-order valence-corrected chi connectivity index (χ4v) is 5.19. The molecule has 1 saturated carbocycles. The summed E-state index contributed by atoms with van der Waals surface area (Å²) in [5.74, 6) is 0.520. The fraction of sp³-hybridized carbons (Fsp3) is 0.700. The zero-order valence-electron chi connectivity index (χ0n) is 15.6. The van der Waals surface area contributed by atoms with E-state index in [1.54, 1.807) is 0 Å². The normalized spacial score (nSPS) is 29.3. The molecular weight excluding hydrogens is 461 g/mol. The molecule has 0 bridgehead atoms. The number of aryl methyl sites for hydroxylation is 1. The highest BCUT2D eigenvalue weighted by molar-refractivity contribution is 14.1. The highest BCUT2D eigenvalue weighted by Crippen LogP contribution is 2.39. The number of benzene rings is 1. The van der Waals surface area contributed by atoms with Crippen LogP contribution in [0.3, 0.4) is 0 Å². The standard InChI is InChI=1S/C20H30INO3S/c1-20(2,13-12-14-6-4-3-5-7-14)26(24)22-18(15-8-9-15)17-11-10-16(21)19(23)25-17/h3-7,15-19,22-23H,8-13H2,1-2H3/t16?,17-,18?,19?,26?/m0/s1. The summed E-state index contributed by atoms with van der Waals surface area (Å²) in [6.45, 7) is 4.14. The maximum atomic E-state index is 13.1. The van der Waals surface area contributed by atoms with Gasteiger partial charge in [-0.05, 0) is 63.9 Å². The van der Waals surface area contributed by atoms with E-state index in [1.165, 1.54) is 5.56 Å². The molecule has 6 heteroatoms. The van der Waals surface area contributed by atoms with E-state index in [4.69, 9.17) is 4.74 Å². The molecule has 1 saturated heterocycles. The van der Waals surface area contributed by atoms with Crippen LogP contribution >= 0.6 is 22.6 Å². The molecular formula is C20H30INO3S. The van der Waals surface area contributed by atoms with Crippen molar-refractivity contribution in [1.82, 2.24) is 4.72 Å². The molecule has 1 heterocycles. The van der Waals surface area contributed by atoms with E-state index in [9.17, 15) is 9.32 Å². The van der Waals surface area contributed by atoms with Crippen molar-refractivity contribution < 1.29 is 14.1 Å². The Hall–Kier alpha value is -0.0200. The van der Waals surface area contributed by atoms with Gasteiger partial charge in [-0.2, -0.15) is 0 Å². The average molecular weight is 491 g/mol. The van der Waals surface area contributed by atoms with Gasteiger partial charge in [0.2, 0.25) is 0 Å². The Bertz CT molecular complexity index is 608. The Kier molecular flexibility index (Phi) is 7.16. The average Bonchev–Trinajstić information content (AvgIpc) is 3.46. The van der Waals surface area contributed by atoms with Gasteiger partial charge in [0, 0.05) is 6.04 Å². The number of rotatable bonds is 8. The third-order valence-corrected chi connectivity index (χ3v) is 8.42. The molecule has 26 heavy (non-hydrogen) atoms. The van der Waals surface area contributed by atoms with Gasteiger partial charge < -0.3 is 9.84 Å². The zero-order chi connectivity index (χ0) is 18.7. The van der Waals surface area contributed by atoms with E-state index in [2.05, 4.69) is 53.3 Å². The molecule has 1 aliphatic carbocycles. The number of nitrogens with one attached hydrogen (secondary N) is 1. The van der Waals surface area contributed by atoms with Gasteiger partial charge in [0.05, 0.1) is 25.8 Å². The molecule has 1 aromatic carbocycles. The number of hydrogen-bond donors (Lipinski definition) is 2. The Labute approximate surface area is 173 Å². The Morgan fingerprint density at radius 3 is 2.58 bits per heavy atom. The molecule has 2 fully saturated rings. The van der Waals surface area contributed by atoms with Gasteiger partial charge in [0.25, 0.3) is 0 Å². The molecule has 5 atom stereocenters. The van der Waals surface area contributed by atoms with Crippen LogP contribution in [-0.4, -0.2) is 36.4 Å². The monoisotopic (exact) mass is 491 g/mol. The molecule has 0 spiro atoms. The lowest BCUT2D eigenvalue weighted by Crippen LogP contribution is -2.52. The molecule has 0 radical (unpaired) electrons. The van der Waals surface area contributed by atoms with Gasteiger partial charge in [-0.1, -0.05) is 52.9 Å². The number of alkyl halides is 1. The lowest BCUT2D eigenvalue weighted by atomic mass is 9.99. The fourth-order valence-electron chi connectivity index (χ4n) is 3.46. The van der Waals surface area contributed by atoms with Crippen LogP contribution in [0.2, 0.25) is 0 Å². The molecule has 4 unspecified atom stereocenters. The number of aliphatic hydroxyl groups is 1. The van der Waals surface area contributed by atoms with Gasteiger partial charge in [0.1, 0.15) is 0 Å². The third kappa shape index (κ3) is 5.50. The van der Waals surface area contributed by atoms with Crippen molar-refractivity contribution in [2.24, 2.45) is 5.92 Å². The van der Waals surface area contributed by atoms with E-state index in [-0.39, 0.29) is 20.8 Å². The van der Waals surface area contributed by atoms with E-state index in [0.29, 0.717) is 5.92 Å². The molecule has 146 valence electrons. The van der Waals surface area contributed by atoms with Crippen molar-refractivity contribution >= 4 is 33.6 Å². The van der Waals surface area contributed by atoms with Crippen LogP contribution in [0, 0.1) is 5.92 Å². The first-order valence-electron chi connectivity index (χ1n) is 9.56. The van der Waals surface area contributed by atoms with Crippen LogP contribution in [0.5, 0.6) is 0 Å². The summed E-state index contributed by atoms with van der Waals surface area (Å²) < 4.78 is 22.2. The van der Waals surface area contributed by atoms with Crippen LogP contribution in [-0.2, 0) is 22.1 Å². The van der Waals surface area contributed by atoms with E-state index >= 15 is 0 Å². The quantitative estimate of drug-likeness (QED) is 0.431. The van der Waals surface area contributed by atoms with Crippen molar-refractivity contribution in [3.8, 4) is 0 Å². The molecule has 3 rings (SSSR count). The highest BCUT2D eigenvalue weighted by atomic mass is 127. The molecule has 2 aliphatic rings. The number of aliphatic hydroxyl groups excluding tert-OH is 1. The topological polar surface area (TPSA) is 58.6 Å². The number of ether oxygens (including phenoxy) is 1. The molecule has 1 aromatic rings. The van der Waals surface area contributed by atoms with Crippen molar-refractivity contribution in [2.75, 3.05) is 0 Å². The molecule has 2 N–H and O–H groups in total. The van der Waals surface area contributed by atoms with Crippen molar-refractivity contribution in [3.05, 3.63) is 35.9 Å². The largest absolute Gasteiger partial charge is 0.367 e. The Balaban J connectivity index is 1.58. The van der Waals surface area contributed by atoms with Crippen molar-refractivity contribution in [1.29, 1.82) is 0 Å². The van der Waals surface area contributed by atoms with Gasteiger partial charge in [0.15, 0.2) is 6.29 Å². The lowest BCUT2D eigenvalue weighted by molar-refractivity contribution is -0.163. The molecule has 4 nitrogen and oxygen atoms in total. The predicted octanol–water partition coefficient (Wildman–Crippen LogP) is 3.73. The first-order valence-corrected chi connectivity index (χ1v) is 12.0. The van der Waals surface area contributed by atoms with E-state index in [1.807, 2.05) is 18.2 Å². The Morgan fingerprint density at radius 1 is 1.27 bits per heavy atom. The van der Waals surface area contributed by atoms with E-state index in [0.717, 1.165) is 38.5 Å². The van der Waals surface area contributed by atoms with Gasteiger partial charge in [-0.25, -0.2) is 8.93 Å². The first-order chi connectivity index (χ1) is 12.4. The van der Waals surface area contributed by atoms with Crippen LogP contribution < -0.4 is 4.72 Å². The predicted molar refractivity (Wildman–Crippen MR) is 115 cm³/mol. The van der Waals surface area contributed by atoms with Crippen molar-refractivity contribution in [3.63, 3.8) is 0 Å². The van der Waals surface area contributed by atoms with Crippen LogP contribution in [0.25, 0.3) is 0 Å².